The molecule has 70 valence electrons. The lowest BCUT2D eigenvalue weighted by Gasteiger charge is -2.15. The first-order valence-electron chi connectivity index (χ1n) is 4.78. The van der Waals surface area contributed by atoms with Crippen LogP contribution in [0.2, 0.25) is 0 Å². The van der Waals surface area contributed by atoms with Gasteiger partial charge in [-0.2, -0.15) is 0 Å². The van der Waals surface area contributed by atoms with Crippen LogP contribution in [0.25, 0.3) is 0 Å². The predicted molar refractivity (Wildman–Crippen MR) is 48.9 cm³/mol. The van der Waals surface area contributed by atoms with E-state index < -0.39 is 0 Å². The predicted octanol–water partition coefficient (Wildman–Crippen LogP) is 0.655. The Morgan fingerprint density at radius 2 is 2.08 bits per heavy atom. The molecular weight excluding hydrogens is 152 g/mol. The second-order valence-corrected chi connectivity index (χ2v) is 3.37. The summed E-state index contributed by atoms with van der Waals surface area (Å²) >= 11 is 0. The molecule has 1 fully saturated rings. The molecule has 0 aromatic rings. The first kappa shape index (κ1) is 9.52. The first-order chi connectivity index (χ1) is 5.75. The van der Waals surface area contributed by atoms with Crippen molar-refractivity contribution in [1.82, 2.24) is 10.6 Å². The molecule has 3 heteroatoms. The van der Waals surface area contributed by atoms with Crippen molar-refractivity contribution in [1.29, 1.82) is 0 Å². The van der Waals surface area contributed by atoms with Crippen molar-refractivity contribution in [2.75, 3.05) is 13.1 Å². The van der Waals surface area contributed by atoms with Crippen LogP contribution in [0.3, 0.4) is 0 Å². The molecular formula is C9H18N2O. The average Bonchev–Trinajstić information content (AvgIpc) is 2.82. The van der Waals surface area contributed by atoms with Crippen molar-refractivity contribution in [2.45, 2.75) is 38.6 Å². The molecule has 0 aliphatic heterocycles. The van der Waals surface area contributed by atoms with Crippen LogP contribution in [-0.2, 0) is 4.79 Å². The largest absolute Gasteiger partial charge is 0.355 e. The van der Waals surface area contributed by atoms with Crippen molar-refractivity contribution >= 4 is 5.91 Å². The van der Waals surface area contributed by atoms with Crippen LogP contribution in [0.15, 0.2) is 0 Å². The maximum atomic E-state index is 11.5. The summed E-state index contributed by atoms with van der Waals surface area (Å²) in [5, 5.41) is 6.15. The molecule has 1 saturated carbocycles. The quantitative estimate of drug-likeness (QED) is 0.636. The monoisotopic (exact) mass is 170 g/mol. The minimum atomic E-state index is -0.191. The lowest BCUT2D eigenvalue weighted by Crippen LogP contribution is -2.46. The lowest BCUT2D eigenvalue weighted by molar-refractivity contribution is -0.124. The minimum absolute atomic E-state index is 0.186. The third-order valence-corrected chi connectivity index (χ3v) is 2.24. The highest BCUT2D eigenvalue weighted by Gasteiger charge is 2.48. The fourth-order valence-electron chi connectivity index (χ4n) is 1.36. The Morgan fingerprint density at radius 1 is 1.42 bits per heavy atom. The molecule has 12 heavy (non-hydrogen) atoms. The molecule has 0 spiro atoms. The van der Waals surface area contributed by atoms with Crippen molar-refractivity contribution < 1.29 is 4.79 Å². The smallest absolute Gasteiger partial charge is 0.240 e. The highest BCUT2D eigenvalue weighted by atomic mass is 16.2. The number of carbonyl (C=O) groups is 1. The number of nitrogens with one attached hydrogen (secondary N) is 2. The van der Waals surface area contributed by atoms with Crippen LogP contribution in [0.1, 0.15) is 33.1 Å². The summed E-state index contributed by atoms with van der Waals surface area (Å²) in [6, 6.07) is 0. The lowest BCUT2D eigenvalue weighted by atomic mass is 10.2. The molecule has 1 aliphatic rings. The van der Waals surface area contributed by atoms with Crippen molar-refractivity contribution in [3.8, 4) is 0 Å². The van der Waals surface area contributed by atoms with E-state index in [0.29, 0.717) is 0 Å². The summed E-state index contributed by atoms with van der Waals surface area (Å²) in [7, 11) is 0. The van der Waals surface area contributed by atoms with Gasteiger partial charge in [0.15, 0.2) is 0 Å². The van der Waals surface area contributed by atoms with Gasteiger partial charge >= 0.3 is 0 Å². The average molecular weight is 170 g/mol. The van der Waals surface area contributed by atoms with E-state index in [0.717, 1.165) is 32.4 Å². The van der Waals surface area contributed by atoms with Gasteiger partial charge in [-0.15, -0.1) is 0 Å². The molecule has 0 radical (unpaired) electrons. The van der Waals surface area contributed by atoms with Gasteiger partial charge < -0.3 is 10.6 Å². The van der Waals surface area contributed by atoms with E-state index in [4.69, 9.17) is 0 Å². The van der Waals surface area contributed by atoms with Gasteiger partial charge in [0.1, 0.15) is 0 Å². The maximum absolute atomic E-state index is 11.5. The van der Waals surface area contributed by atoms with Gasteiger partial charge in [0.25, 0.3) is 0 Å². The molecule has 2 N–H and O–H groups in total. The van der Waals surface area contributed by atoms with Crippen LogP contribution >= 0.6 is 0 Å². The maximum Gasteiger partial charge on any atom is 0.240 e. The minimum Gasteiger partial charge on any atom is -0.355 e. The Labute approximate surface area is 73.9 Å². The van der Waals surface area contributed by atoms with E-state index in [2.05, 4.69) is 17.6 Å². The Bertz CT molecular complexity index is 164. The standard InChI is InChI=1S/C9H18N2O/c1-3-7-10-8(12)9(5-6-9)11-4-2/h11H,3-7H2,1-2H3,(H,10,12). The van der Waals surface area contributed by atoms with Gasteiger partial charge in [0, 0.05) is 6.54 Å². The fraction of sp³-hybridized carbons (Fsp3) is 0.889. The van der Waals surface area contributed by atoms with Gasteiger partial charge in [-0.1, -0.05) is 13.8 Å². The van der Waals surface area contributed by atoms with Gasteiger partial charge in [-0.25, -0.2) is 0 Å². The van der Waals surface area contributed by atoms with E-state index in [1.165, 1.54) is 0 Å². The molecule has 0 atom stereocenters. The Morgan fingerprint density at radius 3 is 2.50 bits per heavy atom. The summed E-state index contributed by atoms with van der Waals surface area (Å²) in [5.74, 6) is 0.186. The molecule has 1 amide bonds. The third kappa shape index (κ3) is 1.97. The summed E-state index contributed by atoms with van der Waals surface area (Å²) in [6.07, 6.45) is 3.00. The molecule has 0 aromatic heterocycles. The van der Waals surface area contributed by atoms with Crippen molar-refractivity contribution in [3.05, 3.63) is 0 Å². The third-order valence-electron chi connectivity index (χ3n) is 2.24. The molecule has 0 bridgehead atoms. The van der Waals surface area contributed by atoms with Crippen LogP contribution in [0.5, 0.6) is 0 Å². The normalized spacial score (nSPS) is 18.8. The SMILES string of the molecule is CCCNC(=O)C1(NCC)CC1. The summed E-state index contributed by atoms with van der Waals surface area (Å²) in [6.45, 7) is 5.77. The number of carbonyl (C=O) groups excluding carboxylic acids is 1. The van der Waals surface area contributed by atoms with Crippen LogP contribution in [0.4, 0.5) is 0 Å². The summed E-state index contributed by atoms with van der Waals surface area (Å²) in [4.78, 5) is 11.5. The molecule has 1 rings (SSSR count). The zero-order valence-electron chi connectivity index (χ0n) is 7.94. The highest BCUT2D eigenvalue weighted by molar-refractivity contribution is 5.89. The highest BCUT2D eigenvalue weighted by Crippen LogP contribution is 2.35. The molecule has 0 heterocycles. The summed E-state index contributed by atoms with van der Waals surface area (Å²) in [5.41, 5.74) is -0.191. The Kier molecular flexibility index (Phi) is 3.09. The number of likely N-dealkylation sites (N-methyl/N-ethyl adjacent to an activating group) is 1. The van der Waals surface area contributed by atoms with Crippen LogP contribution in [0, 0.1) is 0 Å². The van der Waals surface area contributed by atoms with E-state index in [-0.39, 0.29) is 11.4 Å². The second kappa shape index (κ2) is 3.90. The molecule has 0 saturated heterocycles. The zero-order chi connectivity index (χ0) is 9.03. The van der Waals surface area contributed by atoms with Crippen molar-refractivity contribution in [2.24, 2.45) is 0 Å². The Balaban J connectivity index is 2.30. The topological polar surface area (TPSA) is 41.1 Å². The Hall–Kier alpha value is -0.570. The van der Waals surface area contributed by atoms with Gasteiger partial charge in [-0.3, -0.25) is 4.79 Å². The van der Waals surface area contributed by atoms with Crippen molar-refractivity contribution in [3.63, 3.8) is 0 Å². The van der Waals surface area contributed by atoms with E-state index in [1.54, 1.807) is 0 Å². The zero-order valence-corrected chi connectivity index (χ0v) is 7.94. The number of hydrogen-bond acceptors (Lipinski definition) is 2. The molecule has 3 nitrogen and oxygen atoms in total. The fourth-order valence-corrected chi connectivity index (χ4v) is 1.36. The van der Waals surface area contributed by atoms with E-state index >= 15 is 0 Å². The van der Waals surface area contributed by atoms with E-state index in [1.807, 2.05) is 6.92 Å². The summed E-state index contributed by atoms with van der Waals surface area (Å²) < 4.78 is 0. The number of hydrogen-bond donors (Lipinski definition) is 2. The van der Waals surface area contributed by atoms with Gasteiger partial charge in [0.05, 0.1) is 5.54 Å². The molecule has 1 aliphatic carbocycles. The van der Waals surface area contributed by atoms with E-state index in [9.17, 15) is 4.79 Å². The van der Waals surface area contributed by atoms with Crippen LogP contribution in [-0.4, -0.2) is 24.5 Å². The molecule has 0 unspecified atom stereocenters. The second-order valence-electron chi connectivity index (χ2n) is 3.37. The van der Waals surface area contributed by atoms with Gasteiger partial charge in [-0.05, 0) is 25.8 Å². The van der Waals surface area contributed by atoms with Gasteiger partial charge in [0.2, 0.25) is 5.91 Å². The number of amides is 1. The first-order valence-corrected chi connectivity index (χ1v) is 4.78. The number of rotatable bonds is 5. The van der Waals surface area contributed by atoms with Crippen LogP contribution < -0.4 is 10.6 Å². The molecule has 0 aromatic carbocycles.